The first-order valence-corrected chi connectivity index (χ1v) is 9.66. The standard InChI is InChI=1S/C22H20ClNO4/c23-16-9-7-15(8-10-16)13-24(14-17-4-3-11-27-17)22(26)21-12-19(25)18-5-1-2-6-20(18)28-21/h1-2,5-10,12,17H,3-4,11,13-14H2. The number of nitrogens with zero attached hydrogens (tertiary/aromatic N) is 1. The lowest BCUT2D eigenvalue weighted by Crippen LogP contribution is -2.37. The van der Waals surface area contributed by atoms with E-state index in [1.807, 2.05) is 12.1 Å². The van der Waals surface area contributed by atoms with Gasteiger partial charge in [0.05, 0.1) is 11.5 Å². The maximum atomic E-state index is 13.2. The van der Waals surface area contributed by atoms with Crippen LogP contribution in [0.2, 0.25) is 5.02 Å². The normalized spacial score (nSPS) is 16.4. The predicted octanol–water partition coefficient (Wildman–Crippen LogP) is 4.27. The zero-order chi connectivity index (χ0) is 19.5. The lowest BCUT2D eigenvalue weighted by molar-refractivity contribution is 0.0484. The summed E-state index contributed by atoms with van der Waals surface area (Å²) < 4.78 is 11.5. The molecule has 2 aromatic carbocycles. The number of amides is 1. The molecule has 1 fully saturated rings. The molecule has 4 rings (SSSR count). The van der Waals surface area contributed by atoms with Gasteiger partial charge >= 0.3 is 0 Å². The minimum absolute atomic E-state index is 0.0107. The first kappa shape index (κ1) is 18.7. The second-order valence-electron chi connectivity index (χ2n) is 6.92. The molecule has 1 atom stereocenters. The van der Waals surface area contributed by atoms with Crippen molar-refractivity contribution < 1.29 is 13.9 Å². The average molecular weight is 398 g/mol. The molecule has 0 aliphatic carbocycles. The molecular weight excluding hydrogens is 378 g/mol. The predicted molar refractivity (Wildman–Crippen MR) is 108 cm³/mol. The third-order valence-corrected chi connectivity index (χ3v) is 5.12. The van der Waals surface area contributed by atoms with Gasteiger partial charge in [-0.2, -0.15) is 0 Å². The SMILES string of the molecule is O=C(c1cc(=O)c2ccccc2o1)N(Cc1ccc(Cl)cc1)CC1CCCO1. The molecule has 1 aliphatic rings. The number of rotatable bonds is 5. The molecule has 28 heavy (non-hydrogen) atoms. The van der Waals surface area contributed by atoms with Gasteiger partial charge in [-0.05, 0) is 42.7 Å². The number of carbonyl (C=O) groups excluding carboxylic acids is 1. The molecule has 3 aromatic rings. The van der Waals surface area contributed by atoms with Gasteiger partial charge in [-0.15, -0.1) is 0 Å². The summed E-state index contributed by atoms with van der Waals surface area (Å²) in [5.74, 6) is -0.288. The number of ether oxygens (including phenoxy) is 1. The summed E-state index contributed by atoms with van der Waals surface area (Å²) in [6, 6.07) is 15.6. The zero-order valence-corrected chi connectivity index (χ0v) is 16.0. The zero-order valence-electron chi connectivity index (χ0n) is 15.3. The molecule has 0 spiro atoms. The fourth-order valence-electron chi connectivity index (χ4n) is 3.43. The van der Waals surface area contributed by atoms with Crippen molar-refractivity contribution in [1.29, 1.82) is 0 Å². The number of hydrogen-bond donors (Lipinski definition) is 0. The van der Waals surface area contributed by atoms with Crippen molar-refractivity contribution in [2.75, 3.05) is 13.2 Å². The van der Waals surface area contributed by atoms with Gasteiger partial charge in [-0.3, -0.25) is 9.59 Å². The number of halogens is 1. The molecule has 0 N–H and O–H groups in total. The van der Waals surface area contributed by atoms with Gasteiger partial charge in [0.15, 0.2) is 11.2 Å². The van der Waals surface area contributed by atoms with Crippen molar-refractivity contribution >= 4 is 28.5 Å². The summed E-state index contributed by atoms with van der Waals surface area (Å²) in [5.41, 5.74) is 1.12. The van der Waals surface area contributed by atoms with E-state index < -0.39 is 0 Å². The Morgan fingerprint density at radius 1 is 1.14 bits per heavy atom. The highest BCUT2D eigenvalue weighted by Gasteiger charge is 2.25. The molecule has 2 heterocycles. The van der Waals surface area contributed by atoms with Crippen LogP contribution in [-0.2, 0) is 11.3 Å². The number of hydrogen-bond acceptors (Lipinski definition) is 4. The lowest BCUT2D eigenvalue weighted by atomic mass is 10.1. The van der Waals surface area contributed by atoms with Crippen molar-refractivity contribution in [3.05, 3.63) is 81.2 Å². The van der Waals surface area contributed by atoms with Gasteiger partial charge in [-0.1, -0.05) is 35.9 Å². The Morgan fingerprint density at radius 3 is 2.68 bits per heavy atom. The van der Waals surface area contributed by atoms with Crippen LogP contribution in [0.5, 0.6) is 0 Å². The van der Waals surface area contributed by atoms with Crippen LogP contribution in [0, 0.1) is 0 Å². The van der Waals surface area contributed by atoms with Crippen molar-refractivity contribution in [3.8, 4) is 0 Å². The highest BCUT2D eigenvalue weighted by molar-refractivity contribution is 6.30. The Balaban J connectivity index is 1.65. The van der Waals surface area contributed by atoms with Crippen LogP contribution in [0.15, 0.2) is 63.8 Å². The summed E-state index contributed by atoms with van der Waals surface area (Å²) in [6.45, 7) is 1.53. The van der Waals surface area contributed by atoms with E-state index in [-0.39, 0.29) is 23.2 Å². The first-order valence-electron chi connectivity index (χ1n) is 9.28. The molecule has 0 bridgehead atoms. The van der Waals surface area contributed by atoms with Crippen LogP contribution in [0.1, 0.15) is 29.0 Å². The first-order chi connectivity index (χ1) is 13.6. The maximum absolute atomic E-state index is 13.2. The minimum Gasteiger partial charge on any atom is -0.451 e. The van der Waals surface area contributed by atoms with E-state index in [2.05, 4.69) is 0 Å². The summed E-state index contributed by atoms with van der Waals surface area (Å²) in [7, 11) is 0. The second-order valence-corrected chi connectivity index (χ2v) is 7.35. The Labute approximate surface area is 167 Å². The number of benzene rings is 2. The number of fused-ring (bicyclic) bond motifs is 1. The van der Waals surface area contributed by atoms with Crippen LogP contribution in [0.3, 0.4) is 0 Å². The lowest BCUT2D eigenvalue weighted by Gasteiger charge is -2.25. The quantitative estimate of drug-likeness (QED) is 0.645. The van der Waals surface area contributed by atoms with Gasteiger partial charge in [0.2, 0.25) is 0 Å². The van der Waals surface area contributed by atoms with E-state index in [0.29, 0.717) is 35.7 Å². The molecule has 0 radical (unpaired) electrons. The fraction of sp³-hybridized carbons (Fsp3) is 0.273. The highest BCUT2D eigenvalue weighted by Crippen LogP contribution is 2.19. The molecule has 1 amide bonds. The minimum atomic E-state index is -0.326. The Kier molecular flexibility index (Phi) is 5.46. The third kappa shape index (κ3) is 4.11. The van der Waals surface area contributed by atoms with Crippen molar-refractivity contribution in [2.24, 2.45) is 0 Å². The summed E-state index contributed by atoms with van der Waals surface area (Å²) in [5, 5.41) is 1.10. The van der Waals surface area contributed by atoms with E-state index in [9.17, 15) is 9.59 Å². The number of carbonyl (C=O) groups is 1. The molecule has 1 aliphatic heterocycles. The fourth-order valence-corrected chi connectivity index (χ4v) is 3.55. The molecular formula is C22H20ClNO4. The van der Waals surface area contributed by atoms with Gasteiger partial charge in [0.1, 0.15) is 5.58 Å². The van der Waals surface area contributed by atoms with Gasteiger partial charge in [0, 0.05) is 30.8 Å². The summed E-state index contributed by atoms with van der Waals surface area (Å²) in [4.78, 5) is 27.3. The Morgan fingerprint density at radius 2 is 1.93 bits per heavy atom. The van der Waals surface area contributed by atoms with Crippen LogP contribution in [0.25, 0.3) is 11.0 Å². The van der Waals surface area contributed by atoms with E-state index in [4.69, 9.17) is 20.8 Å². The van der Waals surface area contributed by atoms with Crippen LogP contribution < -0.4 is 5.43 Å². The van der Waals surface area contributed by atoms with Gasteiger partial charge < -0.3 is 14.1 Å². The van der Waals surface area contributed by atoms with Crippen LogP contribution in [-0.4, -0.2) is 30.1 Å². The molecule has 0 saturated carbocycles. The molecule has 144 valence electrons. The average Bonchev–Trinajstić information content (AvgIpc) is 3.22. The smallest absolute Gasteiger partial charge is 0.290 e. The van der Waals surface area contributed by atoms with E-state index in [1.165, 1.54) is 6.07 Å². The second kappa shape index (κ2) is 8.17. The van der Waals surface area contributed by atoms with E-state index in [1.54, 1.807) is 41.3 Å². The molecule has 1 saturated heterocycles. The van der Waals surface area contributed by atoms with Gasteiger partial charge in [-0.25, -0.2) is 0 Å². The van der Waals surface area contributed by atoms with Crippen LogP contribution >= 0.6 is 11.6 Å². The molecule has 1 unspecified atom stereocenters. The third-order valence-electron chi connectivity index (χ3n) is 4.87. The van der Waals surface area contributed by atoms with E-state index >= 15 is 0 Å². The summed E-state index contributed by atoms with van der Waals surface area (Å²) >= 11 is 5.97. The van der Waals surface area contributed by atoms with Crippen LogP contribution in [0.4, 0.5) is 0 Å². The molecule has 5 nitrogen and oxygen atoms in total. The largest absolute Gasteiger partial charge is 0.451 e. The Bertz CT molecular complexity index is 1040. The molecule has 6 heteroatoms. The van der Waals surface area contributed by atoms with Crippen molar-refractivity contribution in [3.63, 3.8) is 0 Å². The summed E-state index contributed by atoms with van der Waals surface area (Å²) in [6.07, 6.45) is 1.88. The van der Waals surface area contributed by atoms with Crippen molar-refractivity contribution in [1.82, 2.24) is 4.90 Å². The Hall–Kier alpha value is -2.63. The number of para-hydroxylation sites is 1. The molecule has 1 aromatic heterocycles. The van der Waals surface area contributed by atoms with E-state index in [0.717, 1.165) is 18.4 Å². The topological polar surface area (TPSA) is 59.8 Å². The van der Waals surface area contributed by atoms with Gasteiger partial charge in [0.25, 0.3) is 5.91 Å². The van der Waals surface area contributed by atoms with Crippen molar-refractivity contribution in [2.45, 2.75) is 25.5 Å². The monoisotopic (exact) mass is 397 g/mol. The highest BCUT2D eigenvalue weighted by atomic mass is 35.5. The maximum Gasteiger partial charge on any atom is 0.290 e.